The Hall–Kier alpha value is -3.47. The lowest BCUT2D eigenvalue weighted by molar-refractivity contribution is -0.380. The van der Waals surface area contributed by atoms with E-state index in [-0.39, 0.29) is 9.88 Å². The number of anilines is 1. The van der Waals surface area contributed by atoms with Gasteiger partial charge in [-0.15, -0.1) is 0 Å². The molecule has 0 unspecified atom stereocenters. The second kappa shape index (κ2) is 10.2. The van der Waals surface area contributed by atoms with Gasteiger partial charge in [0.25, 0.3) is 11.8 Å². The third-order valence-electron chi connectivity index (χ3n) is 3.88. The van der Waals surface area contributed by atoms with Gasteiger partial charge >= 0.3 is 11.0 Å². The standard InChI is InChI=1S/C18H20N4O6S/c1-3-21(4-2)13-7-5-12(6-8-13)17(24)20-19-15(23)11-28-18(25)14-9-10-16(29-14)22(26)27/h5-10H,3-4,11H2,1-2H3,(H,19,23)(H,20,24). The van der Waals surface area contributed by atoms with Crippen LogP contribution in [0.1, 0.15) is 33.9 Å². The molecule has 0 bridgehead atoms. The number of nitro groups is 1. The van der Waals surface area contributed by atoms with Crippen LogP contribution in [0, 0.1) is 10.1 Å². The minimum atomic E-state index is -0.864. The lowest BCUT2D eigenvalue weighted by atomic mass is 10.2. The van der Waals surface area contributed by atoms with Gasteiger partial charge in [0.2, 0.25) is 0 Å². The number of hydrogen-bond acceptors (Lipinski definition) is 8. The smallest absolute Gasteiger partial charge is 0.349 e. The van der Waals surface area contributed by atoms with Gasteiger partial charge in [0.1, 0.15) is 4.88 Å². The highest BCUT2D eigenvalue weighted by atomic mass is 32.1. The number of esters is 1. The normalized spacial score (nSPS) is 10.1. The maximum atomic E-state index is 12.1. The highest BCUT2D eigenvalue weighted by Gasteiger charge is 2.17. The van der Waals surface area contributed by atoms with Gasteiger partial charge in [-0.1, -0.05) is 11.3 Å². The van der Waals surface area contributed by atoms with E-state index in [0.717, 1.165) is 18.8 Å². The minimum absolute atomic E-state index is 0.00169. The summed E-state index contributed by atoms with van der Waals surface area (Å²) in [6, 6.07) is 9.31. The van der Waals surface area contributed by atoms with E-state index in [1.54, 1.807) is 12.1 Å². The number of carbonyl (C=O) groups excluding carboxylic acids is 3. The Morgan fingerprint density at radius 1 is 1.07 bits per heavy atom. The molecule has 0 spiro atoms. The second-order valence-corrected chi connectivity index (χ2v) is 6.75. The molecule has 2 N–H and O–H groups in total. The fraction of sp³-hybridized carbons (Fsp3) is 0.278. The maximum absolute atomic E-state index is 12.1. The van der Waals surface area contributed by atoms with Gasteiger partial charge in [-0.2, -0.15) is 0 Å². The van der Waals surface area contributed by atoms with Gasteiger partial charge in [-0.25, -0.2) is 4.79 Å². The molecule has 2 rings (SSSR count). The number of carbonyl (C=O) groups is 3. The summed E-state index contributed by atoms with van der Waals surface area (Å²) in [7, 11) is 0. The summed E-state index contributed by atoms with van der Waals surface area (Å²) in [4.78, 5) is 47.7. The molecule has 0 atom stereocenters. The Balaban J connectivity index is 1.80. The van der Waals surface area contributed by atoms with Crippen molar-refractivity contribution in [2.75, 3.05) is 24.6 Å². The van der Waals surface area contributed by atoms with E-state index in [0.29, 0.717) is 16.9 Å². The van der Waals surface area contributed by atoms with Crippen LogP contribution in [0.2, 0.25) is 0 Å². The second-order valence-electron chi connectivity index (χ2n) is 5.69. The molecule has 0 fully saturated rings. The van der Waals surface area contributed by atoms with E-state index < -0.39 is 29.3 Å². The summed E-state index contributed by atoms with van der Waals surface area (Å²) >= 11 is 0.644. The molecule has 11 heteroatoms. The van der Waals surface area contributed by atoms with Crippen LogP contribution < -0.4 is 15.8 Å². The predicted octanol–water partition coefficient (Wildman–Crippen LogP) is 2.12. The number of hydrogen-bond donors (Lipinski definition) is 2. The molecule has 0 saturated carbocycles. The number of ether oxygens (including phenoxy) is 1. The maximum Gasteiger partial charge on any atom is 0.349 e. The molecule has 0 aliphatic carbocycles. The SMILES string of the molecule is CCN(CC)c1ccc(C(=O)NNC(=O)COC(=O)c2ccc([N+](=O)[O-])s2)cc1. The number of rotatable bonds is 8. The van der Waals surface area contributed by atoms with Gasteiger partial charge in [0, 0.05) is 30.4 Å². The molecule has 1 heterocycles. The third kappa shape index (κ3) is 6.01. The Morgan fingerprint density at radius 2 is 1.72 bits per heavy atom. The average molecular weight is 420 g/mol. The Morgan fingerprint density at radius 3 is 2.28 bits per heavy atom. The fourth-order valence-corrected chi connectivity index (χ4v) is 3.10. The topological polar surface area (TPSA) is 131 Å². The quantitative estimate of drug-likeness (QED) is 0.380. The molecule has 0 radical (unpaired) electrons. The molecule has 2 amide bonds. The average Bonchev–Trinajstić information content (AvgIpc) is 3.22. The minimum Gasteiger partial charge on any atom is -0.451 e. The predicted molar refractivity (Wildman–Crippen MR) is 107 cm³/mol. The number of thiophene rings is 1. The van der Waals surface area contributed by atoms with E-state index >= 15 is 0 Å². The molecule has 154 valence electrons. The molecule has 29 heavy (non-hydrogen) atoms. The van der Waals surface area contributed by atoms with Gasteiger partial charge in [-0.3, -0.25) is 30.6 Å². The van der Waals surface area contributed by atoms with Crippen LogP contribution in [0.3, 0.4) is 0 Å². The highest BCUT2D eigenvalue weighted by Crippen LogP contribution is 2.24. The summed E-state index contributed by atoms with van der Waals surface area (Å²) in [6.45, 7) is 5.11. The first kappa shape index (κ1) is 21.8. The van der Waals surface area contributed by atoms with Crippen molar-refractivity contribution in [1.29, 1.82) is 0 Å². The van der Waals surface area contributed by atoms with E-state index in [1.807, 2.05) is 26.0 Å². The fourth-order valence-electron chi connectivity index (χ4n) is 2.38. The molecule has 1 aromatic heterocycles. The van der Waals surface area contributed by atoms with E-state index in [9.17, 15) is 24.5 Å². The van der Waals surface area contributed by atoms with Gasteiger partial charge < -0.3 is 9.64 Å². The van der Waals surface area contributed by atoms with Crippen LogP contribution in [-0.2, 0) is 9.53 Å². The van der Waals surface area contributed by atoms with E-state index in [2.05, 4.69) is 15.8 Å². The Kier molecular flexibility index (Phi) is 7.66. The van der Waals surface area contributed by atoms with Crippen molar-refractivity contribution in [3.8, 4) is 0 Å². The number of nitrogens with zero attached hydrogens (tertiary/aromatic N) is 2. The molecule has 2 aromatic rings. The van der Waals surface area contributed by atoms with Crippen LogP contribution >= 0.6 is 11.3 Å². The van der Waals surface area contributed by atoms with Crippen LogP contribution in [0.5, 0.6) is 0 Å². The van der Waals surface area contributed by atoms with Crippen molar-refractivity contribution in [3.05, 3.63) is 57.0 Å². The zero-order chi connectivity index (χ0) is 21.4. The highest BCUT2D eigenvalue weighted by molar-refractivity contribution is 7.17. The van der Waals surface area contributed by atoms with Crippen molar-refractivity contribution in [1.82, 2.24) is 10.9 Å². The molecule has 1 aromatic carbocycles. The van der Waals surface area contributed by atoms with Crippen molar-refractivity contribution in [3.63, 3.8) is 0 Å². The zero-order valence-electron chi connectivity index (χ0n) is 15.8. The zero-order valence-corrected chi connectivity index (χ0v) is 16.7. The largest absolute Gasteiger partial charge is 0.451 e. The summed E-state index contributed by atoms with van der Waals surface area (Å²) < 4.78 is 4.77. The van der Waals surface area contributed by atoms with E-state index in [1.165, 1.54) is 12.1 Å². The summed E-state index contributed by atoms with van der Waals surface area (Å²) in [6.07, 6.45) is 0. The monoisotopic (exact) mass is 420 g/mol. The molecular formula is C18H20N4O6S. The summed E-state index contributed by atoms with van der Waals surface area (Å²) in [5.41, 5.74) is 5.70. The van der Waals surface area contributed by atoms with Crippen LogP contribution in [0.4, 0.5) is 10.7 Å². The molecule has 0 aliphatic heterocycles. The van der Waals surface area contributed by atoms with Crippen molar-refractivity contribution in [2.24, 2.45) is 0 Å². The molecule has 10 nitrogen and oxygen atoms in total. The lowest BCUT2D eigenvalue weighted by Crippen LogP contribution is -2.43. The van der Waals surface area contributed by atoms with Gasteiger partial charge in [0.15, 0.2) is 6.61 Å². The number of nitrogens with one attached hydrogen (secondary N) is 2. The van der Waals surface area contributed by atoms with Crippen LogP contribution in [0.25, 0.3) is 0 Å². The molecular weight excluding hydrogens is 400 g/mol. The lowest BCUT2D eigenvalue weighted by Gasteiger charge is -2.21. The van der Waals surface area contributed by atoms with Crippen molar-refractivity contribution < 1.29 is 24.0 Å². The third-order valence-corrected chi connectivity index (χ3v) is 4.90. The van der Waals surface area contributed by atoms with Gasteiger partial charge in [-0.05, 0) is 44.2 Å². The van der Waals surface area contributed by atoms with E-state index in [4.69, 9.17) is 4.74 Å². The van der Waals surface area contributed by atoms with Crippen molar-refractivity contribution in [2.45, 2.75) is 13.8 Å². The van der Waals surface area contributed by atoms with Crippen molar-refractivity contribution >= 4 is 39.8 Å². The number of benzene rings is 1. The first-order valence-corrected chi connectivity index (χ1v) is 9.52. The first-order chi connectivity index (χ1) is 13.8. The summed E-state index contributed by atoms with van der Waals surface area (Å²) in [5.74, 6) is -2.14. The number of hydrazine groups is 1. The van der Waals surface area contributed by atoms with Crippen LogP contribution in [0.15, 0.2) is 36.4 Å². The molecule has 0 saturated heterocycles. The first-order valence-electron chi connectivity index (χ1n) is 8.71. The Labute approximate surface area is 170 Å². The molecule has 0 aliphatic rings. The Bertz CT molecular complexity index is 892. The number of amides is 2. The summed E-state index contributed by atoms with van der Waals surface area (Å²) in [5, 5.41) is 10.4. The van der Waals surface area contributed by atoms with Crippen LogP contribution in [-0.4, -0.2) is 42.4 Å². The van der Waals surface area contributed by atoms with Gasteiger partial charge in [0.05, 0.1) is 4.92 Å².